The molecule has 3 unspecified atom stereocenters. The van der Waals surface area contributed by atoms with Gasteiger partial charge in [-0.05, 0) is 57.8 Å². The van der Waals surface area contributed by atoms with Crippen LogP contribution in [-0.2, 0) is 57.4 Å². The van der Waals surface area contributed by atoms with Crippen LogP contribution >= 0.6 is 0 Å². The van der Waals surface area contributed by atoms with Gasteiger partial charge in [0.05, 0.1) is 0 Å². The van der Waals surface area contributed by atoms with Crippen LogP contribution in [0.4, 0.5) is 0 Å². The molecular weight excluding hydrogens is 1050 g/mol. The van der Waals surface area contributed by atoms with Gasteiger partial charge in [0, 0.05) is 37.2 Å². The Kier molecular flexibility index (Phi) is 56.6. The second-order valence-electron chi connectivity index (χ2n) is 17.7. The Balaban J connectivity index is -0.000000463. The van der Waals surface area contributed by atoms with Crippen molar-refractivity contribution in [3.05, 3.63) is 0 Å². The standard InChI is InChI=1S/3C17H31NO5.Gd/c3*1-2-3-4-5-6-7-8-9-10-11-16(21)23-17(22)14(18)12-13-15(19)20;/h3*14H,2-13,18H2,1H3,(H,19,20);/q;;;+3/p-3. The summed E-state index contributed by atoms with van der Waals surface area (Å²) >= 11 is 0. The first-order chi connectivity index (χ1) is 32.9. The molecule has 0 aliphatic heterocycles. The topological polar surface area (TPSA) is 329 Å². The molecule has 0 aromatic carbocycles. The van der Waals surface area contributed by atoms with Gasteiger partial charge in [-0.2, -0.15) is 0 Å². The second-order valence-corrected chi connectivity index (χ2v) is 17.7. The van der Waals surface area contributed by atoms with Crippen molar-refractivity contribution < 1.29 is 113 Å². The van der Waals surface area contributed by atoms with Crippen molar-refractivity contribution in [2.45, 2.75) is 270 Å². The molecule has 0 fully saturated rings. The first-order valence-corrected chi connectivity index (χ1v) is 26.0. The summed E-state index contributed by atoms with van der Waals surface area (Å²) in [6, 6.07) is -3.29. The van der Waals surface area contributed by atoms with Crippen LogP contribution in [0.1, 0.15) is 252 Å². The van der Waals surface area contributed by atoms with Crippen LogP contribution in [0.2, 0.25) is 0 Å². The van der Waals surface area contributed by atoms with E-state index in [1.807, 2.05) is 0 Å². The maximum absolute atomic E-state index is 11.5. The fourth-order valence-corrected chi connectivity index (χ4v) is 6.63. The molecule has 0 spiro atoms. The maximum Gasteiger partial charge on any atom is 3.00 e. The molecule has 0 aliphatic rings. The van der Waals surface area contributed by atoms with Gasteiger partial charge < -0.3 is 61.1 Å². The molecule has 0 bridgehead atoms. The summed E-state index contributed by atoms with van der Waals surface area (Å²) in [4.78, 5) is 99.6. The minimum Gasteiger partial charge on any atom is -0.550 e. The third kappa shape index (κ3) is 56.0. The summed E-state index contributed by atoms with van der Waals surface area (Å²) in [6.45, 7) is 6.58. The van der Waals surface area contributed by atoms with Crippen LogP contribution in [0.15, 0.2) is 0 Å². The fourth-order valence-electron chi connectivity index (χ4n) is 6.63. The van der Waals surface area contributed by atoms with E-state index in [9.17, 15) is 58.5 Å². The van der Waals surface area contributed by atoms with Gasteiger partial charge in [-0.3, -0.25) is 14.4 Å². The minimum atomic E-state index is -1.28. The molecule has 0 saturated carbocycles. The average molecular weight is 1140 g/mol. The number of carbonyl (C=O) groups excluding carboxylic acids is 9. The number of rotatable bonds is 42. The molecule has 0 heterocycles. The third-order valence-corrected chi connectivity index (χ3v) is 11.0. The molecule has 0 amide bonds. The van der Waals surface area contributed by atoms with Gasteiger partial charge >= 0.3 is 75.8 Å². The zero-order valence-corrected chi connectivity index (χ0v) is 45.2. The van der Waals surface area contributed by atoms with Gasteiger partial charge in [0.2, 0.25) is 0 Å². The zero-order valence-electron chi connectivity index (χ0n) is 42.9. The third-order valence-electron chi connectivity index (χ3n) is 11.0. The molecule has 0 aliphatic carbocycles. The Morgan fingerprint density at radius 3 is 0.657 bits per heavy atom. The van der Waals surface area contributed by atoms with E-state index in [-0.39, 0.29) is 97.7 Å². The van der Waals surface area contributed by atoms with Crippen LogP contribution in [0, 0.1) is 39.9 Å². The van der Waals surface area contributed by atoms with Crippen molar-refractivity contribution >= 4 is 53.7 Å². The smallest absolute Gasteiger partial charge is 0.550 e. The number of esters is 6. The van der Waals surface area contributed by atoms with E-state index in [2.05, 4.69) is 35.0 Å². The number of aliphatic carboxylic acids is 3. The molecule has 70 heavy (non-hydrogen) atoms. The van der Waals surface area contributed by atoms with Crippen LogP contribution in [0.5, 0.6) is 0 Å². The Hall–Kier alpha value is -2.97. The number of hydrogen-bond acceptors (Lipinski definition) is 18. The Labute approximate surface area is 450 Å². The van der Waals surface area contributed by atoms with Gasteiger partial charge in [0.1, 0.15) is 18.1 Å². The van der Waals surface area contributed by atoms with Crippen LogP contribution < -0.4 is 32.5 Å². The van der Waals surface area contributed by atoms with E-state index in [1.54, 1.807) is 0 Å². The quantitative estimate of drug-likeness (QED) is 0.0294. The summed E-state index contributed by atoms with van der Waals surface area (Å²) < 4.78 is 13.8. The predicted molar refractivity (Wildman–Crippen MR) is 255 cm³/mol. The first kappa shape index (κ1) is 73.6. The molecular formula is C51H90GdN3O15. The van der Waals surface area contributed by atoms with Crippen molar-refractivity contribution in [1.29, 1.82) is 0 Å². The van der Waals surface area contributed by atoms with Crippen molar-refractivity contribution in [2.24, 2.45) is 17.2 Å². The van der Waals surface area contributed by atoms with Crippen LogP contribution in [0.3, 0.4) is 0 Å². The zero-order chi connectivity index (χ0) is 52.5. The molecule has 0 aromatic heterocycles. The van der Waals surface area contributed by atoms with E-state index in [4.69, 9.17) is 17.2 Å². The van der Waals surface area contributed by atoms with Crippen molar-refractivity contribution in [2.75, 3.05) is 0 Å². The van der Waals surface area contributed by atoms with Gasteiger partial charge in [-0.25, -0.2) is 14.4 Å². The van der Waals surface area contributed by atoms with Gasteiger partial charge in [0.25, 0.3) is 0 Å². The van der Waals surface area contributed by atoms with E-state index in [1.165, 1.54) is 116 Å². The summed E-state index contributed by atoms with van der Waals surface area (Å²) in [7, 11) is 0. The van der Waals surface area contributed by atoms with E-state index >= 15 is 0 Å². The molecule has 19 heteroatoms. The minimum absolute atomic E-state index is 0. The number of carbonyl (C=O) groups is 9. The number of hydrogen-bond donors (Lipinski definition) is 3. The number of unbranched alkanes of at least 4 members (excludes halogenated alkanes) is 24. The van der Waals surface area contributed by atoms with Crippen LogP contribution in [-0.4, -0.2) is 71.8 Å². The predicted octanol–water partition coefficient (Wildman–Crippen LogP) is 5.50. The first-order valence-electron chi connectivity index (χ1n) is 26.0. The monoisotopic (exact) mass is 1140 g/mol. The molecule has 0 aromatic rings. The van der Waals surface area contributed by atoms with E-state index in [0.29, 0.717) is 19.3 Å². The SMILES string of the molecule is CCCCCCCCCCCC(=O)OC(=O)C(N)CCC(=O)[O-].CCCCCCCCCCCC(=O)OC(=O)C(N)CCC(=O)[O-].CCCCCCCCCCCC(=O)OC(=O)C(N)CCC(=O)[O-].[Gd+3]. The number of ether oxygens (including phenoxy) is 3. The summed E-state index contributed by atoms with van der Waals surface area (Å²) in [5, 5.41) is 30.8. The van der Waals surface area contributed by atoms with Crippen molar-refractivity contribution in [3.8, 4) is 0 Å². The second kappa shape index (κ2) is 53.8. The Morgan fingerprint density at radius 2 is 0.486 bits per heavy atom. The Morgan fingerprint density at radius 1 is 0.314 bits per heavy atom. The number of nitrogens with two attached hydrogens (primary N) is 3. The van der Waals surface area contributed by atoms with Crippen molar-refractivity contribution in [1.82, 2.24) is 0 Å². The fraction of sp³-hybridized carbons (Fsp3) is 0.824. The number of carboxylic acid groups (broad SMARTS) is 3. The molecule has 18 nitrogen and oxygen atoms in total. The molecule has 1 radical (unpaired) electrons. The average Bonchev–Trinajstić information content (AvgIpc) is 3.30. The van der Waals surface area contributed by atoms with E-state index in [0.717, 1.165) is 38.5 Å². The van der Waals surface area contributed by atoms with Crippen LogP contribution in [0.25, 0.3) is 0 Å². The number of carboxylic acids is 3. The summed E-state index contributed by atoms with van der Waals surface area (Å²) in [6.07, 6.45) is 30.0. The van der Waals surface area contributed by atoms with Gasteiger partial charge in [0.15, 0.2) is 0 Å². The van der Waals surface area contributed by atoms with Gasteiger partial charge in [-0.1, -0.05) is 175 Å². The summed E-state index contributed by atoms with van der Waals surface area (Å²) in [5.41, 5.74) is 16.3. The molecule has 0 saturated heterocycles. The normalized spacial score (nSPS) is 11.7. The Bertz CT molecular complexity index is 1240. The van der Waals surface area contributed by atoms with Gasteiger partial charge in [-0.15, -0.1) is 0 Å². The van der Waals surface area contributed by atoms with E-state index < -0.39 is 71.8 Å². The largest absolute Gasteiger partial charge is 3.00 e. The molecule has 3 atom stereocenters. The molecule has 6 N–H and O–H groups in total. The molecule has 0 rings (SSSR count). The maximum atomic E-state index is 11.5. The summed E-state index contributed by atoms with van der Waals surface area (Å²) in [5.74, 6) is -8.24. The molecule has 407 valence electrons. The van der Waals surface area contributed by atoms with Crippen molar-refractivity contribution in [3.63, 3.8) is 0 Å².